The van der Waals surface area contributed by atoms with Crippen LogP contribution < -0.4 is 4.74 Å². The van der Waals surface area contributed by atoms with E-state index in [1.807, 2.05) is 13.0 Å². The number of pyridine rings is 1. The maximum Gasteiger partial charge on any atom is 0.360 e. The number of unbranched alkanes of at least 4 members (excludes halogenated alkanes) is 1. The Kier molecular flexibility index (Phi) is 5.37. The smallest absolute Gasteiger partial charge is 0.360 e. The van der Waals surface area contributed by atoms with Crippen molar-refractivity contribution in [3.05, 3.63) is 47.8 Å². The molecule has 4 aromatic rings. The number of aromatic nitrogens is 4. The lowest BCUT2D eigenvalue weighted by atomic mass is 10.1. The normalized spacial score (nSPS) is 10.9. The zero-order valence-electron chi connectivity index (χ0n) is 17.0. The molecule has 0 bridgehead atoms. The van der Waals surface area contributed by atoms with E-state index in [9.17, 15) is 15.2 Å². The Morgan fingerprint density at radius 1 is 1.13 bits per heavy atom. The maximum atomic E-state index is 12.4. The lowest BCUT2D eigenvalue weighted by Gasteiger charge is -2.11. The van der Waals surface area contributed by atoms with E-state index in [-0.39, 0.29) is 29.1 Å². The van der Waals surface area contributed by atoms with Gasteiger partial charge in [-0.2, -0.15) is 20.3 Å². The van der Waals surface area contributed by atoms with Gasteiger partial charge in [0.2, 0.25) is 0 Å². The third-order valence-electron chi connectivity index (χ3n) is 4.67. The minimum atomic E-state index is -0.774. The van der Waals surface area contributed by atoms with Crippen LogP contribution in [0.2, 0.25) is 0 Å². The summed E-state index contributed by atoms with van der Waals surface area (Å²) in [7, 11) is 1.73. The fraction of sp³-hybridized carbons (Fsp3) is 0.227. The molecule has 156 valence electrons. The van der Waals surface area contributed by atoms with Gasteiger partial charge in [-0.05, 0) is 36.8 Å². The molecule has 0 aliphatic heterocycles. The second-order valence-electron chi connectivity index (χ2n) is 6.91. The molecule has 0 aliphatic carbocycles. The van der Waals surface area contributed by atoms with Crippen molar-refractivity contribution in [1.82, 2.24) is 20.0 Å². The SMILES string of the molecule is CCCCOC(=O)c1nc(C#N)c2ccc(Oc3ccc4nn(C)nc4c3)cc2c1O. The number of ether oxygens (including phenoxy) is 2. The van der Waals surface area contributed by atoms with E-state index in [4.69, 9.17) is 9.47 Å². The van der Waals surface area contributed by atoms with Gasteiger partial charge in [0.15, 0.2) is 11.4 Å². The van der Waals surface area contributed by atoms with Gasteiger partial charge in [-0.3, -0.25) is 0 Å². The van der Waals surface area contributed by atoms with Gasteiger partial charge in [0.1, 0.15) is 34.3 Å². The standard InChI is InChI=1S/C22H19N5O4/c1-3-4-9-30-22(29)20-21(28)16-10-13(5-7-15(16)19(12-23)24-20)31-14-6-8-17-18(11-14)26-27(2)25-17/h5-8,10-11,28H,3-4,9H2,1-2H3. The Balaban J connectivity index is 1.71. The second kappa shape index (κ2) is 8.28. The molecule has 0 fully saturated rings. The summed E-state index contributed by atoms with van der Waals surface area (Å²) in [5.41, 5.74) is 1.14. The number of nitrogens with zero attached hydrogens (tertiary/aromatic N) is 5. The maximum absolute atomic E-state index is 12.4. The molecule has 0 aliphatic rings. The summed E-state index contributed by atoms with van der Waals surface area (Å²) < 4.78 is 11.1. The summed E-state index contributed by atoms with van der Waals surface area (Å²) in [6.07, 6.45) is 1.55. The summed E-state index contributed by atoms with van der Waals surface area (Å²) >= 11 is 0. The van der Waals surface area contributed by atoms with Gasteiger partial charge in [0.25, 0.3) is 0 Å². The average molecular weight is 417 g/mol. The number of benzene rings is 2. The van der Waals surface area contributed by atoms with Gasteiger partial charge in [-0.15, -0.1) is 0 Å². The largest absolute Gasteiger partial charge is 0.505 e. The first-order valence-electron chi connectivity index (χ1n) is 9.73. The number of carbonyl (C=O) groups excluding carboxylic acids is 1. The van der Waals surface area contributed by atoms with Crippen molar-refractivity contribution in [3.8, 4) is 23.3 Å². The van der Waals surface area contributed by atoms with E-state index in [1.54, 1.807) is 43.4 Å². The zero-order valence-corrected chi connectivity index (χ0v) is 17.0. The predicted octanol–water partition coefficient (Wildman–Crippen LogP) is 3.84. The molecular formula is C22H19N5O4. The monoisotopic (exact) mass is 417 g/mol. The van der Waals surface area contributed by atoms with Crippen LogP contribution in [0.25, 0.3) is 21.8 Å². The molecule has 0 atom stereocenters. The van der Waals surface area contributed by atoms with Crippen LogP contribution in [0.3, 0.4) is 0 Å². The molecule has 2 aromatic carbocycles. The van der Waals surface area contributed by atoms with Crippen molar-refractivity contribution in [1.29, 1.82) is 5.26 Å². The molecule has 2 heterocycles. The second-order valence-corrected chi connectivity index (χ2v) is 6.91. The van der Waals surface area contributed by atoms with E-state index in [0.29, 0.717) is 28.8 Å². The van der Waals surface area contributed by atoms with E-state index in [1.165, 1.54) is 4.80 Å². The van der Waals surface area contributed by atoms with E-state index < -0.39 is 5.97 Å². The van der Waals surface area contributed by atoms with Crippen molar-refractivity contribution in [2.45, 2.75) is 19.8 Å². The van der Waals surface area contributed by atoms with Crippen LogP contribution in [-0.4, -0.2) is 37.7 Å². The topological polar surface area (TPSA) is 123 Å². The van der Waals surface area contributed by atoms with Gasteiger partial charge < -0.3 is 14.6 Å². The molecule has 0 amide bonds. The highest BCUT2D eigenvalue weighted by atomic mass is 16.5. The molecule has 2 aromatic heterocycles. The van der Waals surface area contributed by atoms with Gasteiger partial charge in [0.05, 0.1) is 6.61 Å². The Bertz CT molecular complexity index is 1340. The highest BCUT2D eigenvalue weighted by molar-refractivity contribution is 6.01. The van der Waals surface area contributed by atoms with Crippen LogP contribution >= 0.6 is 0 Å². The van der Waals surface area contributed by atoms with Crippen LogP contribution in [0.15, 0.2) is 36.4 Å². The lowest BCUT2D eigenvalue weighted by Crippen LogP contribution is -2.10. The first-order chi connectivity index (χ1) is 15.0. The zero-order chi connectivity index (χ0) is 22.0. The number of aromatic hydroxyl groups is 1. The van der Waals surface area contributed by atoms with Crippen LogP contribution in [0.5, 0.6) is 17.2 Å². The highest BCUT2D eigenvalue weighted by Gasteiger charge is 2.21. The van der Waals surface area contributed by atoms with Crippen molar-refractivity contribution in [3.63, 3.8) is 0 Å². The van der Waals surface area contributed by atoms with Crippen LogP contribution in [0, 0.1) is 11.3 Å². The number of nitriles is 1. The summed E-state index contributed by atoms with van der Waals surface area (Å²) in [5.74, 6) is -0.193. The van der Waals surface area contributed by atoms with Crippen LogP contribution in [0.4, 0.5) is 0 Å². The van der Waals surface area contributed by atoms with Crippen molar-refractivity contribution in [2.24, 2.45) is 7.05 Å². The van der Waals surface area contributed by atoms with Crippen LogP contribution in [0.1, 0.15) is 35.9 Å². The van der Waals surface area contributed by atoms with E-state index in [0.717, 1.165) is 11.9 Å². The minimum absolute atomic E-state index is 0.0165. The fourth-order valence-electron chi connectivity index (χ4n) is 3.15. The summed E-state index contributed by atoms with van der Waals surface area (Å²) in [4.78, 5) is 17.8. The summed E-state index contributed by atoms with van der Waals surface area (Å²) in [6, 6.07) is 12.1. The molecule has 0 saturated heterocycles. The quantitative estimate of drug-likeness (QED) is 0.371. The van der Waals surface area contributed by atoms with E-state index >= 15 is 0 Å². The first-order valence-corrected chi connectivity index (χ1v) is 9.73. The number of fused-ring (bicyclic) bond motifs is 2. The third-order valence-corrected chi connectivity index (χ3v) is 4.67. The molecule has 1 N–H and O–H groups in total. The van der Waals surface area contributed by atoms with E-state index in [2.05, 4.69) is 15.2 Å². The number of rotatable bonds is 6. The number of hydrogen-bond donors (Lipinski definition) is 1. The molecule has 4 rings (SSSR count). The van der Waals surface area contributed by atoms with Crippen LogP contribution in [-0.2, 0) is 11.8 Å². The Labute approximate surface area is 177 Å². The van der Waals surface area contributed by atoms with Gasteiger partial charge in [-0.25, -0.2) is 9.78 Å². The lowest BCUT2D eigenvalue weighted by molar-refractivity contribution is 0.0489. The Morgan fingerprint density at radius 2 is 1.87 bits per heavy atom. The molecule has 0 radical (unpaired) electrons. The highest BCUT2D eigenvalue weighted by Crippen LogP contribution is 2.34. The number of hydrogen-bond acceptors (Lipinski definition) is 8. The van der Waals surface area contributed by atoms with Gasteiger partial charge in [-0.1, -0.05) is 13.3 Å². The predicted molar refractivity (Wildman–Crippen MR) is 112 cm³/mol. The van der Waals surface area contributed by atoms with Crippen molar-refractivity contribution in [2.75, 3.05) is 6.61 Å². The number of esters is 1. The molecule has 31 heavy (non-hydrogen) atoms. The van der Waals surface area contributed by atoms with Crippen molar-refractivity contribution >= 4 is 27.8 Å². The third kappa shape index (κ3) is 3.96. The summed E-state index contributed by atoms with van der Waals surface area (Å²) in [5, 5.41) is 29.3. The number of aryl methyl sites for hydroxylation is 1. The minimum Gasteiger partial charge on any atom is -0.505 e. The molecule has 9 heteroatoms. The molecule has 0 saturated carbocycles. The van der Waals surface area contributed by atoms with Gasteiger partial charge >= 0.3 is 5.97 Å². The van der Waals surface area contributed by atoms with Gasteiger partial charge in [0, 0.05) is 23.9 Å². The fourth-order valence-corrected chi connectivity index (χ4v) is 3.15. The number of carbonyl (C=O) groups is 1. The Morgan fingerprint density at radius 3 is 2.65 bits per heavy atom. The molecule has 0 spiro atoms. The Hall–Kier alpha value is -4.19. The van der Waals surface area contributed by atoms with Crippen molar-refractivity contribution < 1.29 is 19.4 Å². The molecule has 0 unspecified atom stereocenters. The molecule has 9 nitrogen and oxygen atoms in total. The molecular weight excluding hydrogens is 398 g/mol. The average Bonchev–Trinajstić information content (AvgIpc) is 3.13. The summed E-state index contributed by atoms with van der Waals surface area (Å²) in [6.45, 7) is 2.18. The first kappa shape index (κ1) is 20.1.